The molecule has 1 spiro atoms. The standard InChI is InChI=1S/C28H42N4O2/c1-18(2)30-13-11-28(12-14-30)17-29-24(16-34-28)26-23-15-22(32-20(5)7-8-21(32)6)9-10-25(23)31(19(3)4)27(26)33/h9-10,15,18-21,29H,7-8,11-14,16-17H2,1-6H3/b26-24-. The first-order chi connectivity index (χ1) is 16.2. The Morgan fingerprint density at radius 3 is 2.26 bits per heavy atom. The summed E-state index contributed by atoms with van der Waals surface area (Å²) in [6, 6.07) is 8.35. The van der Waals surface area contributed by atoms with Gasteiger partial charge in [0.25, 0.3) is 5.91 Å². The number of likely N-dealkylation sites (tertiary alicyclic amines) is 1. The smallest absolute Gasteiger partial charge is 0.261 e. The summed E-state index contributed by atoms with van der Waals surface area (Å²) in [7, 11) is 0. The Bertz CT molecular complexity index is 955. The van der Waals surface area contributed by atoms with Crippen molar-refractivity contribution in [1.82, 2.24) is 10.2 Å². The number of morpholine rings is 1. The van der Waals surface area contributed by atoms with E-state index in [-0.39, 0.29) is 17.6 Å². The van der Waals surface area contributed by atoms with Crippen LogP contribution in [0.1, 0.15) is 72.8 Å². The topological polar surface area (TPSA) is 48.1 Å². The van der Waals surface area contributed by atoms with E-state index in [1.54, 1.807) is 0 Å². The second kappa shape index (κ2) is 8.87. The minimum atomic E-state index is -0.111. The highest BCUT2D eigenvalue weighted by Crippen LogP contribution is 2.44. The molecule has 1 aromatic carbocycles. The number of amides is 1. The molecule has 0 aliphatic carbocycles. The zero-order valence-electron chi connectivity index (χ0n) is 21.9. The highest BCUT2D eigenvalue weighted by molar-refractivity contribution is 6.33. The average Bonchev–Trinajstić information content (AvgIpc) is 3.29. The molecule has 1 aromatic rings. The molecule has 1 N–H and O–H groups in total. The van der Waals surface area contributed by atoms with Gasteiger partial charge in [-0.25, -0.2) is 0 Å². The average molecular weight is 467 g/mol. The van der Waals surface area contributed by atoms with Gasteiger partial charge in [-0.3, -0.25) is 4.79 Å². The lowest BCUT2D eigenvalue weighted by Crippen LogP contribution is -2.56. The fourth-order valence-corrected chi connectivity index (χ4v) is 6.47. The number of benzene rings is 1. The van der Waals surface area contributed by atoms with Crippen LogP contribution in [-0.2, 0) is 9.53 Å². The maximum atomic E-state index is 13.7. The van der Waals surface area contributed by atoms with Crippen LogP contribution in [0.3, 0.4) is 0 Å². The number of hydrogen-bond acceptors (Lipinski definition) is 5. The summed E-state index contributed by atoms with van der Waals surface area (Å²) in [6.45, 7) is 16.7. The van der Waals surface area contributed by atoms with Crippen LogP contribution >= 0.6 is 0 Å². The third-order valence-corrected chi connectivity index (χ3v) is 8.60. The first kappa shape index (κ1) is 23.7. The van der Waals surface area contributed by atoms with Crippen molar-refractivity contribution in [2.45, 2.75) is 97.0 Å². The molecule has 6 heteroatoms. The van der Waals surface area contributed by atoms with Gasteiger partial charge in [0.2, 0.25) is 0 Å². The van der Waals surface area contributed by atoms with E-state index >= 15 is 0 Å². The van der Waals surface area contributed by atoms with E-state index in [1.807, 2.05) is 4.90 Å². The van der Waals surface area contributed by atoms with Crippen LogP contribution in [0.15, 0.2) is 23.9 Å². The summed E-state index contributed by atoms with van der Waals surface area (Å²) in [6.07, 6.45) is 4.51. The van der Waals surface area contributed by atoms with Gasteiger partial charge in [0.05, 0.1) is 29.2 Å². The Hall–Kier alpha value is -2.05. The Morgan fingerprint density at radius 2 is 1.71 bits per heavy atom. The van der Waals surface area contributed by atoms with Crippen LogP contribution < -0.4 is 15.1 Å². The lowest BCUT2D eigenvalue weighted by atomic mass is 9.88. The van der Waals surface area contributed by atoms with Crippen LogP contribution in [0, 0.1) is 0 Å². The van der Waals surface area contributed by atoms with E-state index in [9.17, 15) is 4.79 Å². The molecule has 1 amide bonds. The largest absolute Gasteiger partial charge is 0.383 e. The lowest BCUT2D eigenvalue weighted by Gasteiger charge is -2.46. The molecule has 2 unspecified atom stereocenters. The molecule has 4 heterocycles. The summed E-state index contributed by atoms with van der Waals surface area (Å²) < 4.78 is 6.55. The molecule has 6 nitrogen and oxygen atoms in total. The normalized spacial score (nSPS) is 29.5. The van der Waals surface area contributed by atoms with Crippen molar-refractivity contribution in [1.29, 1.82) is 0 Å². The number of hydrogen-bond donors (Lipinski definition) is 1. The maximum absolute atomic E-state index is 13.7. The van der Waals surface area contributed by atoms with Crippen molar-refractivity contribution in [3.05, 3.63) is 29.5 Å². The quantitative estimate of drug-likeness (QED) is 0.670. The predicted molar refractivity (Wildman–Crippen MR) is 139 cm³/mol. The predicted octanol–water partition coefficient (Wildman–Crippen LogP) is 4.39. The number of carbonyl (C=O) groups excluding carboxylic acids is 1. The third-order valence-electron chi connectivity index (χ3n) is 8.60. The van der Waals surface area contributed by atoms with Crippen LogP contribution in [0.4, 0.5) is 11.4 Å². The fourth-order valence-electron chi connectivity index (χ4n) is 6.47. The molecule has 186 valence electrons. The number of anilines is 2. The number of rotatable bonds is 3. The van der Waals surface area contributed by atoms with E-state index < -0.39 is 0 Å². The molecule has 0 saturated carbocycles. The molecule has 34 heavy (non-hydrogen) atoms. The first-order valence-corrected chi connectivity index (χ1v) is 13.3. The molecule has 5 rings (SSSR count). The van der Waals surface area contributed by atoms with E-state index in [0.717, 1.165) is 55.0 Å². The summed E-state index contributed by atoms with van der Waals surface area (Å²) in [4.78, 5) is 20.7. The van der Waals surface area contributed by atoms with Crippen molar-refractivity contribution >= 4 is 22.9 Å². The SMILES string of the molecule is CC(C)N1CCC2(CC1)CN/C(=C1\C(=O)N(C(C)C)c3ccc(N4C(C)CCC4C)cc31)CO2. The van der Waals surface area contributed by atoms with Crippen molar-refractivity contribution in [3.8, 4) is 0 Å². The highest BCUT2D eigenvalue weighted by Gasteiger charge is 2.42. The number of ether oxygens (including phenoxy) is 1. The molecule has 2 atom stereocenters. The number of carbonyl (C=O) groups is 1. The van der Waals surface area contributed by atoms with E-state index in [0.29, 0.717) is 24.7 Å². The maximum Gasteiger partial charge on any atom is 0.261 e. The molecule has 4 aliphatic rings. The van der Waals surface area contributed by atoms with Gasteiger partial charge < -0.3 is 24.8 Å². The van der Waals surface area contributed by atoms with Crippen LogP contribution in [0.2, 0.25) is 0 Å². The lowest BCUT2D eigenvalue weighted by molar-refractivity contribution is -0.113. The Labute approximate surface area is 205 Å². The van der Waals surface area contributed by atoms with Gasteiger partial charge in [0.15, 0.2) is 0 Å². The van der Waals surface area contributed by atoms with Crippen molar-refractivity contribution < 1.29 is 9.53 Å². The zero-order valence-corrected chi connectivity index (χ0v) is 21.9. The summed E-state index contributed by atoms with van der Waals surface area (Å²) in [5.74, 6) is 0.0985. The molecule has 3 saturated heterocycles. The number of piperidine rings is 1. The van der Waals surface area contributed by atoms with Gasteiger partial charge in [0.1, 0.15) is 0 Å². The zero-order chi connectivity index (χ0) is 24.2. The van der Waals surface area contributed by atoms with Crippen LogP contribution in [0.5, 0.6) is 0 Å². The monoisotopic (exact) mass is 466 g/mol. The Morgan fingerprint density at radius 1 is 1.03 bits per heavy atom. The van der Waals surface area contributed by atoms with E-state index in [2.05, 4.69) is 74.9 Å². The van der Waals surface area contributed by atoms with Gasteiger partial charge in [0, 0.05) is 55.1 Å². The van der Waals surface area contributed by atoms with Gasteiger partial charge in [-0.05, 0) is 85.4 Å². The van der Waals surface area contributed by atoms with Crippen LogP contribution in [0.25, 0.3) is 5.57 Å². The second-order valence-corrected chi connectivity index (χ2v) is 11.5. The van der Waals surface area contributed by atoms with Crippen molar-refractivity contribution in [3.63, 3.8) is 0 Å². The van der Waals surface area contributed by atoms with Gasteiger partial charge >= 0.3 is 0 Å². The van der Waals surface area contributed by atoms with Crippen molar-refractivity contribution in [2.24, 2.45) is 0 Å². The second-order valence-electron chi connectivity index (χ2n) is 11.5. The highest BCUT2D eigenvalue weighted by atomic mass is 16.5. The third kappa shape index (κ3) is 3.93. The van der Waals surface area contributed by atoms with Gasteiger partial charge in [-0.15, -0.1) is 0 Å². The fraction of sp³-hybridized carbons (Fsp3) is 0.679. The molecule has 3 fully saturated rings. The Kier molecular flexibility index (Phi) is 6.18. The van der Waals surface area contributed by atoms with Gasteiger partial charge in [-0.1, -0.05) is 0 Å². The number of nitrogens with zero attached hydrogens (tertiary/aromatic N) is 3. The molecule has 0 bridgehead atoms. The molecule has 4 aliphatic heterocycles. The first-order valence-electron chi connectivity index (χ1n) is 13.3. The number of nitrogens with one attached hydrogen (secondary N) is 1. The molecular weight excluding hydrogens is 424 g/mol. The molecule has 0 aromatic heterocycles. The summed E-state index contributed by atoms with van der Waals surface area (Å²) in [5.41, 5.74) is 4.95. The van der Waals surface area contributed by atoms with E-state index in [1.165, 1.54) is 18.5 Å². The van der Waals surface area contributed by atoms with Crippen molar-refractivity contribution in [2.75, 3.05) is 36.0 Å². The summed E-state index contributed by atoms with van der Waals surface area (Å²) >= 11 is 0. The molecular formula is C28H42N4O2. The van der Waals surface area contributed by atoms with E-state index in [4.69, 9.17) is 4.74 Å². The summed E-state index contributed by atoms with van der Waals surface area (Å²) in [5, 5.41) is 3.68. The Balaban J connectivity index is 1.45. The van der Waals surface area contributed by atoms with Gasteiger partial charge in [-0.2, -0.15) is 0 Å². The number of fused-ring (bicyclic) bond motifs is 1. The molecule has 0 radical (unpaired) electrons. The minimum absolute atomic E-state index is 0.0985. The van der Waals surface area contributed by atoms with Crippen LogP contribution in [-0.4, -0.2) is 66.8 Å². The minimum Gasteiger partial charge on any atom is -0.383 e.